The van der Waals surface area contributed by atoms with Gasteiger partial charge in [0, 0.05) is 30.6 Å². The lowest BCUT2D eigenvalue weighted by Gasteiger charge is -2.28. The molecule has 1 unspecified atom stereocenters. The van der Waals surface area contributed by atoms with Crippen LogP contribution in [0.4, 0.5) is 4.39 Å². The highest BCUT2D eigenvalue weighted by Crippen LogP contribution is 2.41. The first-order valence-corrected chi connectivity index (χ1v) is 12.4. The van der Waals surface area contributed by atoms with Crippen molar-refractivity contribution >= 4 is 28.5 Å². The average Bonchev–Trinajstić information content (AvgIpc) is 3.17. The molecule has 3 aromatic rings. The first-order valence-electron chi connectivity index (χ1n) is 12.0. The van der Waals surface area contributed by atoms with Crippen molar-refractivity contribution in [3.8, 4) is 11.4 Å². The molecule has 0 spiro atoms. The molecule has 0 aliphatic carbocycles. The zero-order valence-electron chi connectivity index (χ0n) is 19.8. The minimum atomic E-state index is -1.51. The Bertz CT molecular complexity index is 1480. The number of cyclic esters (lactones) is 1. The van der Waals surface area contributed by atoms with Crippen LogP contribution in [-0.2, 0) is 39.6 Å². The van der Waals surface area contributed by atoms with Crippen LogP contribution in [0.15, 0.2) is 23.0 Å². The van der Waals surface area contributed by atoms with Gasteiger partial charge < -0.3 is 19.1 Å². The highest BCUT2D eigenvalue weighted by atomic mass is 35.5. The van der Waals surface area contributed by atoms with E-state index in [1.807, 2.05) is 0 Å². The number of benzene rings is 1. The van der Waals surface area contributed by atoms with Gasteiger partial charge >= 0.3 is 5.97 Å². The topological polar surface area (TPSA) is 93.9 Å². The number of ether oxygens (including phenoxy) is 2. The number of aromatic nitrogens is 2. The van der Waals surface area contributed by atoms with Gasteiger partial charge in [-0.15, -0.1) is 0 Å². The molecule has 3 aliphatic rings. The molecule has 2 aromatic heterocycles. The SMILES string of the molecule is CCC1(O)CC(=O)OCc2c1cc1n(c2=O)Cc2c-1nc1cc(Cl)c(F)cc1c2CN1CCOCC1. The lowest BCUT2D eigenvalue weighted by atomic mass is 9.85. The van der Waals surface area contributed by atoms with Gasteiger partial charge in [-0.05, 0) is 35.7 Å². The third-order valence-electron chi connectivity index (χ3n) is 7.59. The number of esters is 1. The molecule has 0 radical (unpaired) electrons. The van der Waals surface area contributed by atoms with E-state index < -0.39 is 17.4 Å². The van der Waals surface area contributed by atoms with E-state index >= 15 is 0 Å². The molecule has 188 valence electrons. The van der Waals surface area contributed by atoms with Crippen LogP contribution in [0.5, 0.6) is 0 Å². The predicted octanol–water partition coefficient (Wildman–Crippen LogP) is 3.09. The standard InChI is InChI=1S/C26H25ClFN3O5/c1-2-26(34)10-23(32)36-13-17-18(26)8-22-24-16(12-31(22)25(17)33)15(11-30-3-5-35-6-4-30)14-7-20(28)19(27)9-21(14)29-24/h7-9,34H,2-6,10-13H2,1H3. The Morgan fingerprint density at radius 3 is 2.72 bits per heavy atom. The first-order chi connectivity index (χ1) is 17.3. The molecule has 8 nitrogen and oxygen atoms in total. The molecule has 1 fully saturated rings. The maximum absolute atomic E-state index is 14.6. The van der Waals surface area contributed by atoms with Crippen LogP contribution in [-0.4, -0.2) is 51.8 Å². The Morgan fingerprint density at radius 1 is 1.19 bits per heavy atom. The Balaban J connectivity index is 1.59. The Hall–Kier alpha value is -2.85. The Kier molecular flexibility index (Phi) is 5.64. The number of nitrogens with zero attached hydrogens (tertiary/aromatic N) is 3. The zero-order valence-corrected chi connectivity index (χ0v) is 20.5. The largest absolute Gasteiger partial charge is 0.460 e. The van der Waals surface area contributed by atoms with Gasteiger partial charge in [0.2, 0.25) is 0 Å². The van der Waals surface area contributed by atoms with Crippen molar-refractivity contribution in [2.24, 2.45) is 0 Å². The number of halogens is 2. The quantitative estimate of drug-likeness (QED) is 0.421. The molecule has 0 bridgehead atoms. The summed E-state index contributed by atoms with van der Waals surface area (Å²) in [6, 6.07) is 4.68. The van der Waals surface area contributed by atoms with E-state index in [9.17, 15) is 19.1 Å². The highest BCUT2D eigenvalue weighted by molar-refractivity contribution is 6.31. The molecule has 0 saturated carbocycles. The van der Waals surface area contributed by atoms with Gasteiger partial charge in [0.25, 0.3) is 5.56 Å². The van der Waals surface area contributed by atoms with Crippen LogP contribution in [0.2, 0.25) is 5.02 Å². The van der Waals surface area contributed by atoms with Gasteiger partial charge in [-0.25, -0.2) is 9.37 Å². The van der Waals surface area contributed by atoms with Crippen molar-refractivity contribution in [1.29, 1.82) is 0 Å². The number of morpholine rings is 1. The van der Waals surface area contributed by atoms with Gasteiger partial charge in [-0.1, -0.05) is 18.5 Å². The number of carbonyl (C=O) groups is 1. The van der Waals surface area contributed by atoms with Gasteiger partial charge in [-0.2, -0.15) is 0 Å². The normalized spacial score (nSPS) is 21.6. The number of fused-ring (bicyclic) bond motifs is 5. The molecular formula is C26H25ClFN3O5. The number of carbonyl (C=O) groups excluding carboxylic acids is 1. The second kappa shape index (κ2) is 8.62. The molecule has 6 rings (SSSR count). The maximum Gasteiger partial charge on any atom is 0.309 e. The maximum atomic E-state index is 14.6. The molecule has 5 heterocycles. The van der Waals surface area contributed by atoms with Crippen LogP contribution in [0.1, 0.15) is 42.0 Å². The number of hydrogen-bond acceptors (Lipinski definition) is 7. The third kappa shape index (κ3) is 3.64. The number of hydrogen-bond donors (Lipinski definition) is 1. The molecule has 36 heavy (non-hydrogen) atoms. The van der Waals surface area contributed by atoms with Gasteiger partial charge in [0.1, 0.15) is 18.0 Å². The van der Waals surface area contributed by atoms with Gasteiger partial charge in [0.15, 0.2) is 0 Å². The van der Waals surface area contributed by atoms with E-state index in [0.717, 1.165) is 24.2 Å². The minimum absolute atomic E-state index is 0.0272. The van der Waals surface area contributed by atoms with E-state index in [-0.39, 0.29) is 42.1 Å². The van der Waals surface area contributed by atoms with Crippen molar-refractivity contribution in [2.75, 3.05) is 26.3 Å². The Morgan fingerprint density at radius 2 is 1.97 bits per heavy atom. The summed E-state index contributed by atoms with van der Waals surface area (Å²) < 4.78 is 26.9. The summed E-state index contributed by atoms with van der Waals surface area (Å²) in [5.74, 6) is -1.07. The third-order valence-corrected chi connectivity index (χ3v) is 7.88. The van der Waals surface area contributed by atoms with Crippen LogP contribution in [0, 0.1) is 5.82 Å². The van der Waals surface area contributed by atoms with Crippen LogP contribution in [0.25, 0.3) is 22.3 Å². The molecule has 1 aromatic carbocycles. The lowest BCUT2D eigenvalue weighted by Crippen LogP contribution is -2.36. The number of aliphatic hydroxyl groups is 1. The number of rotatable bonds is 3. The minimum Gasteiger partial charge on any atom is -0.460 e. The Labute approximate surface area is 211 Å². The summed E-state index contributed by atoms with van der Waals surface area (Å²) in [5, 5.41) is 12.0. The van der Waals surface area contributed by atoms with Crippen LogP contribution < -0.4 is 5.56 Å². The highest BCUT2D eigenvalue weighted by Gasteiger charge is 2.40. The summed E-state index contributed by atoms with van der Waals surface area (Å²) >= 11 is 6.12. The second-order valence-electron chi connectivity index (χ2n) is 9.63. The van der Waals surface area contributed by atoms with Crippen molar-refractivity contribution in [3.05, 3.63) is 61.6 Å². The van der Waals surface area contributed by atoms with Crippen molar-refractivity contribution in [2.45, 2.75) is 45.1 Å². The van der Waals surface area contributed by atoms with Gasteiger partial charge in [-0.3, -0.25) is 14.5 Å². The summed E-state index contributed by atoms with van der Waals surface area (Å²) in [5.41, 5.74) is 2.25. The fourth-order valence-electron chi connectivity index (χ4n) is 5.52. The summed E-state index contributed by atoms with van der Waals surface area (Å²) in [4.78, 5) is 32.9. The summed E-state index contributed by atoms with van der Waals surface area (Å²) in [6.07, 6.45) is 0.0156. The lowest BCUT2D eigenvalue weighted by molar-refractivity contribution is -0.149. The van der Waals surface area contributed by atoms with E-state index in [1.165, 1.54) is 12.1 Å². The van der Waals surface area contributed by atoms with E-state index in [4.69, 9.17) is 26.1 Å². The monoisotopic (exact) mass is 513 g/mol. The van der Waals surface area contributed by atoms with Crippen LogP contribution in [0.3, 0.4) is 0 Å². The van der Waals surface area contributed by atoms with E-state index in [2.05, 4.69) is 4.90 Å². The van der Waals surface area contributed by atoms with Crippen molar-refractivity contribution in [3.63, 3.8) is 0 Å². The summed E-state index contributed by atoms with van der Waals surface area (Å²) in [7, 11) is 0. The molecular weight excluding hydrogens is 489 g/mol. The van der Waals surface area contributed by atoms with Crippen molar-refractivity contribution < 1.29 is 23.8 Å². The number of pyridine rings is 2. The van der Waals surface area contributed by atoms with E-state index in [0.29, 0.717) is 47.6 Å². The van der Waals surface area contributed by atoms with Crippen molar-refractivity contribution in [1.82, 2.24) is 14.5 Å². The first kappa shape index (κ1) is 23.5. The van der Waals surface area contributed by atoms with Crippen LogP contribution >= 0.6 is 11.6 Å². The second-order valence-corrected chi connectivity index (χ2v) is 10.0. The predicted molar refractivity (Wildman–Crippen MR) is 130 cm³/mol. The molecule has 0 amide bonds. The molecule has 10 heteroatoms. The fourth-order valence-corrected chi connectivity index (χ4v) is 5.68. The molecule has 3 aliphatic heterocycles. The molecule has 1 saturated heterocycles. The zero-order chi connectivity index (χ0) is 25.2. The average molecular weight is 514 g/mol. The fraction of sp³-hybridized carbons (Fsp3) is 0.423. The summed E-state index contributed by atoms with van der Waals surface area (Å²) in [6.45, 7) is 5.09. The molecule has 1 N–H and O–H groups in total. The molecule has 1 atom stereocenters. The smallest absolute Gasteiger partial charge is 0.309 e. The van der Waals surface area contributed by atoms with E-state index in [1.54, 1.807) is 17.6 Å². The van der Waals surface area contributed by atoms with Gasteiger partial charge in [0.05, 0.1) is 53.7 Å².